The van der Waals surface area contributed by atoms with Gasteiger partial charge in [-0.15, -0.1) is 0 Å². The van der Waals surface area contributed by atoms with Crippen LogP contribution in [-0.2, 0) is 0 Å². The Morgan fingerprint density at radius 1 is 0.369 bits per heavy atom. The predicted octanol–water partition coefficient (Wildman–Crippen LogP) is 16.9. The highest BCUT2D eigenvalue weighted by atomic mass is 35.5. The molecule has 0 aliphatic heterocycles. The van der Waals surface area contributed by atoms with E-state index in [0.717, 1.165) is 76.8 Å². The van der Waals surface area contributed by atoms with Crippen molar-refractivity contribution >= 4 is 77.9 Å². The Kier molecular flexibility index (Phi) is 13.1. The molecular formula is C60H41Cl3O2. The van der Waals surface area contributed by atoms with Crippen LogP contribution in [0.15, 0.2) is 188 Å². The lowest BCUT2D eigenvalue weighted by molar-refractivity contribution is 0.340. The summed E-state index contributed by atoms with van der Waals surface area (Å²) in [6, 6.07) is 63.0. The monoisotopic (exact) mass is 898 g/mol. The third-order valence-electron chi connectivity index (χ3n) is 11.2. The summed E-state index contributed by atoms with van der Waals surface area (Å²) in [5.74, 6) is 15.1. The molecule has 0 heterocycles. The zero-order valence-electron chi connectivity index (χ0n) is 35.8. The van der Waals surface area contributed by atoms with E-state index in [1.165, 1.54) is 27.3 Å². The van der Waals surface area contributed by atoms with Gasteiger partial charge in [0.2, 0.25) is 0 Å². The molecule has 5 heteroatoms. The summed E-state index contributed by atoms with van der Waals surface area (Å²) in [5.41, 5.74) is 8.28. The second-order valence-electron chi connectivity index (χ2n) is 15.2. The van der Waals surface area contributed by atoms with Gasteiger partial charge in [0.15, 0.2) is 0 Å². The van der Waals surface area contributed by atoms with Crippen molar-refractivity contribution in [1.29, 1.82) is 0 Å². The molecule has 0 aliphatic rings. The number of benzene rings is 10. The average molecular weight is 900 g/mol. The van der Waals surface area contributed by atoms with Crippen LogP contribution in [0.1, 0.15) is 36.1 Å². The molecule has 0 saturated carbocycles. The fourth-order valence-corrected chi connectivity index (χ4v) is 9.07. The quantitative estimate of drug-likeness (QED) is 0.122. The van der Waals surface area contributed by atoms with E-state index in [1.807, 2.05) is 141 Å². The van der Waals surface area contributed by atoms with Crippen molar-refractivity contribution in [3.8, 4) is 57.4 Å². The highest BCUT2D eigenvalue weighted by Gasteiger charge is 2.18. The molecule has 0 unspecified atom stereocenters. The Balaban J connectivity index is 0.000000164. The van der Waals surface area contributed by atoms with Crippen molar-refractivity contribution in [2.75, 3.05) is 13.2 Å². The maximum Gasteiger partial charge on any atom is 0.119 e. The molecule has 0 fully saturated rings. The van der Waals surface area contributed by atoms with Crippen LogP contribution in [0.2, 0.25) is 15.1 Å². The summed E-state index contributed by atoms with van der Waals surface area (Å²) < 4.78 is 11.3. The van der Waals surface area contributed by atoms with Gasteiger partial charge in [0, 0.05) is 58.9 Å². The van der Waals surface area contributed by atoms with Crippen LogP contribution in [-0.4, -0.2) is 13.2 Å². The summed E-state index contributed by atoms with van der Waals surface area (Å²) in [7, 11) is 0. The third-order valence-corrected chi connectivity index (χ3v) is 12.0. The van der Waals surface area contributed by atoms with Gasteiger partial charge in [0.05, 0.1) is 13.2 Å². The second-order valence-corrected chi connectivity index (χ2v) is 16.5. The van der Waals surface area contributed by atoms with Crippen LogP contribution in [0.3, 0.4) is 0 Å². The van der Waals surface area contributed by atoms with Crippen LogP contribution >= 0.6 is 34.8 Å². The highest BCUT2D eigenvalue weighted by Crippen LogP contribution is 2.45. The van der Waals surface area contributed by atoms with Crippen molar-refractivity contribution < 1.29 is 9.47 Å². The second kappa shape index (κ2) is 19.7. The molecule has 0 aromatic heterocycles. The first-order chi connectivity index (χ1) is 31.9. The van der Waals surface area contributed by atoms with E-state index in [1.54, 1.807) is 0 Å². The molecule has 10 aromatic carbocycles. The Morgan fingerprint density at radius 2 is 0.769 bits per heavy atom. The predicted molar refractivity (Wildman–Crippen MR) is 276 cm³/mol. The number of rotatable bonds is 6. The number of halogens is 3. The molecule has 0 spiro atoms. The van der Waals surface area contributed by atoms with Crippen LogP contribution in [0, 0.1) is 23.7 Å². The number of fused-ring (bicyclic) bond motifs is 4. The van der Waals surface area contributed by atoms with Crippen molar-refractivity contribution in [2.45, 2.75) is 13.8 Å². The smallest absolute Gasteiger partial charge is 0.119 e. The van der Waals surface area contributed by atoms with Gasteiger partial charge in [-0.2, -0.15) is 0 Å². The maximum absolute atomic E-state index is 6.72. The Labute approximate surface area is 395 Å². The molecule has 2 nitrogen and oxygen atoms in total. The topological polar surface area (TPSA) is 18.5 Å². The van der Waals surface area contributed by atoms with Crippen LogP contribution in [0.25, 0.3) is 65.3 Å². The number of ether oxygens (including phenoxy) is 2. The Hall–Kier alpha value is -7.17. The first-order valence-corrected chi connectivity index (χ1v) is 22.6. The standard InChI is InChI=1S/C30H16Cl2.C30H25ClO2/c31-27-15-8-14-24-26(20-18-22-11-5-2-6-12-22)30-23(13-7-16-28(30)32)25(29(24)27)19-17-21-9-3-1-4-10-21;1-3-32-23-14-9-20(10-15-23)29-25-7-5-6-8-26(25)30(28-19-22(31)13-18-27(28)29)21-11-16-24(17-12-21)33-4-2/h1-16H;5-19H,3-4H2,1-2H3. The SMILES string of the molecule is CCOc1ccc(-c2c3ccccc3c(-c3ccc(OCC)cc3)c3cc(Cl)ccc23)cc1.Clc1cccc2c(C#Cc3ccccc3)c3c(Cl)cccc3c(C#Cc3ccccc3)c12. The molecule has 0 amide bonds. The van der Waals surface area contributed by atoms with Crippen molar-refractivity contribution in [2.24, 2.45) is 0 Å². The lowest BCUT2D eigenvalue weighted by Crippen LogP contribution is -1.93. The van der Waals surface area contributed by atoms with Crippen molar-refractivity contribution in [3.63, 3.8) is 0 Å². The molecule has 0 aliphatic carbocycles. The third kappa shape index (κ3) is 9.13. The first-order valence-electron chi connectivity index (χ1n) is 21.5. The molecule has 0 atom stereocenters. The van der Waals surface area contributed by atoms with E-state index in [-0.39, 0.29) is 0 Å². The summed E-state index contributed by atoms with van der Waals surface area (Å²) >= 11 is 20.0. The van der Waals surface area contributed by atoms with Gasteiger partial charge in [0.1, 0.15) is 11.5 Å². The molecular weight excluding hydrogens is 859 g/mol. The van der Waals surface area contributed by atoms with E-state index < -0.39 is 0 Å². The zero-order chi connectivity index (χ0) is 44.7. The van der Waals surface area contributed by atoms with Gasteiger partial charge >= 0.3 is 0 Å². The Morgan fingerprint density at radius 3 is 1.22 bits per heavy atom. The van der Waals surface area contributed by atoms with Crippen molar-refractivity contribution in [1.82, 2.24) is 0 Å². The van der Waals surface area contributed by atoms with Gasteiger partial charge in [-0.05, 0) is 130 Å². The molecule has 65 heavy (non-hydrogen) atoms. The fourth-order valence-electron chi connectivity index (χ4n) is 8.36. The molecule has 0 bridgehead atoms. The molecule has 10 rings (SSSR count). The van der Waals surface area contributed by atoms with Gasteiger partial charge < -0.3 is 9.47 Å². The summed E-state index contributed by atoms with van der Waals surface area (Å²) in [4.78, 5) is 0. The van der Waals surface area contributed by atoms with Crippen LogP contribution < -0.4 is 9.47 Å². The van der Waals surface area contributed by atoms with Crippen molar-refractivity contribution in [3.05, 3.63) is 225 Å². The van der Waals surface area contributed by atoms with E-state index in [4.69, 9.17) is 44.3 Å². The van der Waals surface area contributed by atoms with Gasteiger partial charge in [-0.3, -0.25) is 0 Å². The fraction of sp³-hybridized carbons (Fsp3) is 0.0667. The maximum atomic E-state index is 6.72. The minimum Gasteiger partial charge on any atom is -0.494 e. The average Bonchev–Trinajstić information content (AvgIpc) is 3.34. The summed E-state index contributed by atoms with van der Waals surface area (Å²) in [6.45, 7) is 5.30. The lowest BCUT2D eigenvalue weighted by atomic mass is 9.86. The molecule has 0 radical (unpaired) electrons. The van der Waals surface area contributed by atoms with Gasteiger partial charge in [-0.1, -0.05) is 174 Å². The summed E-state index contributed by atoms with van der Waals surface area (Å²) in [5, 5.41) is 10.4. The minimum atomic E-state index is 0.643. The van der Waals surface area contributed by atoms with Crippen LogP contribution in [0.4, 0.5) is 0 Å². The molecule has 0 saturated heterocycles. The molecule has 10 aromatic rings. The zero-order valence-corrected chi connectivity index (χ0v) is 38.0. The highest BCUT2D eigenvalue weighted by molar-refractivity contribution is 6.39. The van der Waals surface area contributed by atoms with E-state index >= 15 is 0 Å². The minimum absolute atomic E-state index is 0.643. The first kappa shape index (κ1) is 43.1. The largest absolute Gasteiger partial charge is 0.494 e. The number of hydrogen-bond donors (Lipinski definition) is 0. The molecule has 0 N–H and O–H groups in total. The lowest BCUT2D eigenvalue weighted by Gasteiger charge is -2.18. The van der Waals surface area contributed by atoms with Crippen LogP contribution in [0.5, 0.6) is 11.5 Å². The summed E-state index contributed by atoms with van der Waals surface area (Å²) in [6.07, 6.45) is 0. The van der Waals surface area contributed by atoms with Gasteiger partial charge in [0.25, 0.3) is 0 Å². The number of hydrogen-bond acceptors (Lipinski definition) is 2. The Bertz CT molecular complexity index is 3350. The normalized spacial score (nSPS) is 10.7. The van der Waals surface area contributed by atoms with Gasteiger partial charge in [-0.25, -0.2) is 0 Å². The van der Waals surface area contributed by atoms with E-state index in [0.29, 0.717) is 23.3 Å². The molecule has 314 valence electrons. The van der Waals surface area contributed by atoms with E-state index in [2.05, 4.69) is 84.3 Å². The van der Waals surface area contributed by atoms with E-state index in [9.17, 15) is 0 Å².